The molecule has 2 rings (SSSR count). The van der Waals surface area contributed by atoms with E-state index in [2.05, 4.69) is 26.1 Å². The van der Waals surface area contributed by atoms with E-state index in [4.69, 9.17) is 0 Å². The van der Waals surface area contributed by atoms with Gasteiger partial charge in [0.15, 0.2) is 0 Å². The SMILES string of the molecule is CC1CCCC2CNC(C)C(C)C12. The molecule has 5 unspecified atom stereocenters. The van der Waals surface area contributed by atoms with Crippen molar-refractivity contribution >= 4 is 0 Å². The zero-order valence-electron chi connectivity index (χ0n) is 9.22. The minimum absolute atomic E-state index is 0.738. The van der Waals surface area contributed by atoms with Crippen molar-refractivity contribution in [3.63, 3.8) is 0 Å². The molecule has 2 aliphatic rings. The molecule has 0 bridgehead atoms. The van der Waals surface area contributed by atoms with E-state index in [0.29, 0.717) is 0 Å². The highest BCUT2D eigenvalue weighted by atomic mass is 14.9. The molecule has 1 heteroatoms. The Balaban J connectivity index is 2.10. The standard InChI is InChI=1S/C12H23N/c1-8-5-4-6-11-7-13-10(3)9(2)12(8)11/h8-13H,4-7H2,1-3H3. The van der Waals surface area contributed by atoms with Crippen molar-refractivity contribution in [1.29, 1.82) is 0 Å². The smallest absolute Gasteiger partial charge is 0.00673 e. The monoisotopic (exact) mass is 181 g/mol. The highest BCUT2D eigenvalue weighted by Crippen LogP contribution is 2.42. The predicted octanol–water partition coefficient (Wildman–Crippen LogP) is 2.67. The molecule has 0 amide bonds. The fraction of sp³-hybridized carbons (Fsp3) is 1.00. The molecule has 5 atom stereocenters. The Bertz CT molecular complexity index is 176. The summed E-state index contributed by atoms with van der Waals surface area (Å²) in [7, 11) is 0. The lowest BCUT2D eigenvalue weighted by Crippen LogP contribution is -2.51. The van der Waals surface area contributed by atoms with Gasteiger partial charge >= 0.3 is 0 Å². The quantitative estimate of drug-likeness (QED) is 0.606. The van der Waals surface area contributed by atoms with Gasteiger partial charge in [-0.25, -0.2) is 0 Å². The lowest BCUT2D eigenvalue weighted by molar-refractivity contribution is 0.0534. The number of fused-ring (bicyclic) bond motifs is 1. The summed E-state index contributed by atoms with van der Waals surface area (Å²) in [5.74, 6) is 3.84. The van der Waals surface area contributed by atoms with Crippen LogP contribution in [0.3, 0.4) is 0 Å². The third-order valence-corrected chi connectivity index (χ3v) is 4.53. The van der Waals surface area contributed by atoms with E-state index >= 15 is 0 Å². The Kier molecular flexibility index (Phi) is 2.64. The van der Waals surface area contributed by atoms with Crippen LogP contribution < -0.4 is 5.32 Å². The largest absolute Gasteiger partial charge is 0.314 e. The highest BCUT2D eigenvalue weighted by Gasteiger charge is 2.39. The maximum Gasteiger partial charge on any atom is 0.00673 e. The van der Waals surface area contributed by atoms with Crippen molar-refractivity contribution in [2.75, 3.05) is 6.54 Å². The number of piperidine rings is 1. The Morgan fingerprint density at radius 3 is 2.62 bits per heavy atom. The van der Waals surface area contributed by atoms with E-state index in [9.17, 15) is 0 Å². The average molecular weight is 181 g/mol. The molecule has 76 valence electrons. The van der Waals surface area contributed by atoms with Gasteiger partial charge in [0.1, 0.15) is 0 Å². The van der Waals surface area contributed by atoms with Crippen LogP contribution in [0.2, 0.25) is 0 Å². The first-order chi connectivity index (χ1) is 6.20. The molecule has 1 N–H and O–H groups in total. The summed E-state index contributed by atoms with van der Waals surface area (Å²) in [5.41, 5.74) is 0. The summed E-state index contributed by atoms with van der Waals surface area (Å²) in [6.07, 6.45) is 4.41. The van der Waals surface area contributed by atoms with Crippen LogP contribution in [0.4, 0.5) is 0 Å². The predicted molar refractivity (Wildman–Crippen MR) is 56.6 cm³/mol. The normalized spacial score (nSPS) is 51.5. The maximum atomic E-state index is 3.65. The Morgan fingerprint density at radius 1 is 1.08 bits per heavy atom. The first-order valence-corrected chi connectivity index (χ1v) is 5.93. The van der Waals surface area contributed by atoms with Crippen LogP contribution in [0.15, 0.2) is 0 Å². The summed E-state index contributed by atoms with van der Waals surface area (Å²) < 4.78 is 0. The van der Waals surface area contributed by atoms with Crippen molar-refractivity contribution in [3.05, 3.63) is 0 Å². The third-order valence-electron chi connectivity index (χ3n) is 4.53. The van der Waals surface area contributed by atoms with Gasteiger partial charge in [-0.1, -0.05) is 26.7 Å². The van der Waals surface area contributed by atoms with E-state index < -0.39 is 0 Å². The number of rotatable bonds is 0. The maximum absolute atomic E-state index is 3.65. The molecule has 1 saturated carbocycles. The van der Waals surface area contributed by atoms with Crippen molar-refractivity contribution in [2.24, 2.45) is 23.7 Å². The lowest BCUT2D eigenvalue weighted by Gasteiger charge is -2.47. The molecule has 13 heavy (non-hydrogen) atoms. The molecule has 1 aliphatic carbocycles. The van der Waals surface area contributed by atoms with E-state index in [1.165, 1.54) is 25.8 Å². The van der Waals surface area contributed by atoms with Crippen LogP contribution in [-0.2, 0) is 0 Å². The van der Waals surface area contributed by atoms with Gasteiger partial charge in [-0.3, -0.25) is 0 Å². The van der Waals surface area contributed by atoms with Crippen LogP contribution >= 0.6 is 0 Å². The van der Waals surface area contributed by atoms with Crippen molar-refractivity contribution in [3.8, 4) is 0 Å². The van der Waals surface area contributed by atoms with Gasteiger partial charge in [0.25, 0.3) is 0 Å². The molecule has 1 aliphatic heterocycles. The fourth-order valence-corrected chi connectivity index (χ4v) is 3.59. The molecule has 1 nitrogen and oxygen atoms in total. The van der Waals surface area contributed by atoms with Gasteiger partial charge in [-0.05, 0) is 43.6 Å². The highest BCUT2D eigenvalue weighted by molar-refractivity contribution is 4.92. The third kappa shape index (κ3) is 1.63. The first-order valence-electron chi connectivity index (χ1n) is 5.93. The van der Waals surface area contributed by atoms with Crippen LogP contribution in [0.5, 0.6) is 0 Å². The van der Waals surface area contributed by atoms with Gasteiger partial charge in [0.05, 0.1) is 0 Å². The molecule has 1 heterocycles. The summed E-state index contributed by atoms with van der Waals surface area (Å²) in [6, 6.07) is 0.738. The van der Waals surface area contributed by atoms with Crippen LogP contribution in [0.1, 0.15) is 40.0 Å². The van der Waals surface area contributed by atoms with E-state index in [0.717, 1.165) is 29.7 Å². The zero-order chi connectivity index (χ0) is 9.42. The Morgan fingerprint density at radius 2 is 1.85 bits per heavy atom. The van der Waals surface area contributed by atoms with Gasteiger partial charge in [-0.2, -0.15) is 0 Å². The topological polar surface area (TPSA) is 12.0 Å². The van der Waals surface area contributed by atoms with E-state index in [-0.39, 0.29) is 0 Å². The summed E-state index contributed by atoms with van der Waals surface area (Å²) in [4.78, 5) is 0. The minimum atomic E-state index is 0.738. The molecule has 0 aromatic carbocycles. The second kappa shape index (κ2) is 3.61. The fourth-order valence-electron chi connectivity index (χ4n) is 3.59. The van der Waals surface area contributed by atoms with Crippen LogP contribution in [-0.4, -0.2) is 12.6 Å². The second-order valence-corrected chi connectivity index (χ2v) is 5.30. The van der Waals surface area contributed by atoms with E-state index in [1.54, 1.807) is 0 Å². The zero-order valence-corrected chi connectivity index (χ0v) is 9.22. The second-order valence-electron chi connectivity index (χ2n) is 5.30. The molecule has 0 aromatic heterocycles. The molecular formula is C12H23N. The van der Waals surface area contributed by atoms with Gasteiger partial charge in [0.2, 0.25) is 0 Å². The van der Waals surface area contributed by atoms with Crippen molar-refractivity contribution < 1.29 is 0 Å². The Labute approximate surface area is 82.3 Å². The molecule has 2 fully saturated rings. The van der Waals surface area contributed by atoms with Gasteiger partial charge < -0.3 is 5.32 Å². The minimum Gasteiger partial charge on any atom is -0.314 e. The Hall–Kier alpha value is -0.0400. The summed E-state index contributed by atoms with van der Waals surface area (Å²) >= 11 is 0. The number of hydrogen-bond acceptors (Lipinski definition) is 1. The molecule has 1 saturated heterocycles. The molecule has 0 aromatic rings. The van der Waals surface area contributed by atoms with Crippen molar-refractivity contribution in [2.45, 2.75) is 46.1 Å². The van der Waals surface area contributed by atoms with Gasteiger partial charge in [-0.15, -0.1) is 0 Å². The molecule has 0 spiro atoms. The number of nitrogens with one attached hydrogen (secondary N) is 1. The van der Waals surface area contributed by atoms with E-state index in [1.807, 2.05) is 0 Å². The molecular weight excluding hydrogens is 158 g/mol. The number of hydrogen-bond donors (Lipinski definition) is 1. The average Bonchev–Trinajstić information content (AvgIpc) is 2.12. The van der Waals surface area contributed by atoms with Crippen molar-refractivity contribution in [1.82, 2.24) is 5.32 Å². The van der Waals surface area contributed by atoms with Crippen LogP contribution in [0, 0.1) is 23.7 Å². The van der Waals surface area contributed by atoms with Gasteiger partial charge in [0, 0.05) is 6.04 Å². The molecule has 0 radical (unpaired) electrons. The lowest BCUT2D eigenvalue weighted by atomic mass is 9.64. The summed E-state index contributed by atoms with van der Waals surface area (Å²) in [6.45, 7) is 8.53. The van der Waals surface area contributed by atoms with Crippen LogP contribution in [0.25, 0.3) is 0 Å². The first kappa shape index (κ1) is 9.51. The summed E-state index contributed by atoms with van der Waals surface area (Å²) in [5, 5.41) is 3.65.